The Bertz CT molecular complexity index is 430. The summed E-state index contributed by atoms with van der Waals surface area (Å²) in [6.07, 6.45) is 1.81. The van der Waals surface area contributed by atoms with Crippen LogP contribution in [0.2, 0.25) is 0 Å². The van der Waals surface area contributed by atoms with Crippen molar-refractivity contribution in [1.82, 2.24) is 4.98 Å². The molecule has 17 heavy (non-hydrogen) atoms. The minimum Gasteiger partial charge on any atom is -0.375 e. The molecule has 88 valence electrons. The molecule has 1 atom stereocenters. The number of nitrogens with zero attached hydrogens (tertiary/aromatic N) is 1. The highest BCUT2D eigenvalue weighted by molar-refractivity contribution is 5.34. The van der Waals surface area contributed by atoms with Gasteiger partial charge in [0, 0.05) is 19.9 Å². The Morgan fingerprint density at radius 2 is 1.88 bits per heavy atom. The van der Waals surface area contributed by atoms with Crippen molar-refractivity contribution < 1.29 is 4.74 Å². The summed E-state index contributed by atoms with van der Waals surface area (Å²) >= 11 is 0. The van der Waals surface area contributed by atoms with E-state index in [1.165, 1.54) is 5.56 Å². The van der Waals surface area contributed by atoms with E-state index in [0.717, 1.165) is 5.82 Å². The van der Waals surface area contributed by atoms with E-state index in [0.29, 0.717) is 6.54 Å². The highest BCUT2D eigenvalue weighted by atomic mass is 16.5. The van der Waals surface area contributed by atoms with E-state index in [1.54, 1.807) is 13.3 Å². The number of hydrogen-bond donors (Lipinski definition) is 1. The maximum absolute atomic E-state index is 5.47. The van der Waals surface area contributed by atoms with Crippen molar-refractivity contribution in [3.63, 3.8) is 0 Å². The number of benzene rings is 1. The molecule has 1 heterocycles. The number of nitrogens with one attached hydrogen (secondary N) is 1. The average Bonchev–Trinajstić information content (AvgIpc) is 2.42. The Balaban J connectivity index is 1.97. The Morgan fingerprint density at radius 1 is 1.12 bits per heavy atom. The minimum atomic E-state index is 0.0400. The van der Waals surface area contributed by atoms with Gasteiger partial charge in [-0.2, -0.15) is 0 Å². The molecule has 0 radical (unpaired) electrons. The number of pyridine rings is 1. The highest BCUT2D eigenvalue weighted by Crippen LogP contribution is 2.16. The van der Waals surface area contributed by atoms with E-state index in [9.17, 15) is 0 Å². The average molecular weight is 228 g/mol. The molecule has 0 saturated carbocycles. The summed E-state index contributed by atoms with van der Waals surface area (Å²) in [5.41, 5.74) is 1.17. The van der Waals surface area contributed by atoms with Gasteiger partial charge in [0.15, 0.2) is 0 Å². The third kappa shape index (κ3) is 3.29. The van der Waals surface area contributed by atoms with Gasteiger partial charge in [0.2, 0.25) is 0 Å². The van der Waals surface area contributed by atoms with Gasteiger partial charge in [-0.1, -0.05) is 36.4 Å². The maximum atomic E-state index is 5.47. The first kappa shape index (κ1) is 11.6. The van der Waals surface area contributed by atoms with E-state index in [1.807, 2.05) is 36.4 Å². The molecule has 0 unspecified atom stereocenters. The second kappa shape index (κ2) is 6.01. The van der Waals surface area contributed by atoms with E-state index in [2.05, 4.69) is 22.4 Å². The fourth-order valence-corrected chi connectivity index (χ4v) is 1.67. The fraction of sp³-hybridized carbons (Fsp3) is 0.214. The Labute approximate surface area is 101 Å². The molecule has 1 aromatic carbocycles. The molecule has 0 fully saturated rings. The number of aromatic nitrogens is 1. The predicted molar refractivity (Wildman–Crippen MR) is 68.9 cm³/mol. The van der Waals surface area contributed by atoms with E-state index >= 15 is 0 Å². The zero-order valence-electron chi connectivity index (χ0n) is 9.84. The van der Waals surface area contributed by atoms with Crippen LogP contribution in [-0.4, -0.2) is 18.6 Å². The van der Waals surface area contributed by atoms with Crippen molar-refractivity contribution in [2.24, 2.45) is 0 Å². The van der Waals surface area contributed by atoms with Crippen molar-refractivity contribution in [3.8, 4) is 0 Å². The molecule has 2 rings (SSSR count). The van der Waals surface area contributed by atoms with Crippen LogP contribution in [0.3, 0.4) is 0 Å². The molecule has 0 bridgehead atoms. The van der Waals surface area contributed by atoms with E-state index in [4.69, 9.17) is 4.74 Å². The van der Waals surface area contributed by atoms with Crippen LogP contribution >= 0.6 is 0 Å². The number of hydrogen-bond acceptors (Lipinski definition) is 3. The molecule has 0 aliphatic carbocycles. The number of rotatable bonds is 5. The summed E-state index contributed by atoms with van der Waals surface area (Å²) in [4.78, 5) is 4.21. The summed E-state index contributed by atoms with van der Waals surface area (Å²) in [6, 6.07) is 16.0. The molecule has 0 aliphatic rings. The fourth-order valence-electron chi connectivity index (χ4n) is 1.67. The van der Waals surface area contributed by atoms with Crippen LogP contribution in [0.25, 0.3) is 0 Å². The lowest BCUT2D eigenvalue weighted by Crippen LogP contribution is -2.14. The van der Waals surface area contributed by atoms with Crippen molar-refractivity contribution in [2.45, 2.75) is 6.10 Å². The number of anilines is 1. The first-order valence-corrected chi connectivity index (χ1v) is 5.63. The van der Waals surface area contributed by atoms with Gasteiger partial charge in [0.05, 0.1) is 6.10 Å². The number of ether oxygens (including phenoxy) is 1. The van der Waals surface area contributed by atoms with Gasteiger partial charge in [-0.25, -0.2) is 4.98 Å². The summed E-state index contributed by atoms with van der Waals surface area (Å²) < 4.78 is 5.47. The summed E-state index contributed by atoms with van der Waals surface area (Å²) in [6.45, 7) is 0.706. The third-order valence-corrected chi connectivity index (χ3v) is 2.59. The van der Waals surface area contributed by atoms with E-state index < -0.39 is 0 Å². The molecular formula is C14H16N2O. The van der Waals surface area contributed by atoms with E-state index in [-0.39, 0.29) is 6.10 Å². The van der Waals surface area contributed by atoms with Crippen molar-refractivity contribution in [1.29, 1.82) is 0 Å². The Morgan fingerprint density at radius 3 is 2.53 bits per heavy atom. The first-order valence-electron chi connectivity index (χ1n) is 5.63. The SMILES string of the molecule is CO[C@@H](CNc1ccccn1)c1ccccc1. The third-order valence-electron chi connectivity index (χ3n) is 2.59. The van der Waals surface area contributed by atoms with Crippen molar-refractivity contribution in [3.05, 3.63) is 60.3 Å². The molecule has 3 nitrogen and oxygen atoms in total. The van der Waals surface area contributed by atoms with Crippen molar-refractivity contribution >= 4 is 5.82 Å². The predicted octanol–water partition coefficient (Wildman–Crippen LogP) is 2.88. The second-order valence-electron chi connectivity index (χ2n) is 3.73. The summed E-state index contributed by atoms with van der Waals surface area (Å²) in [5.74, 6) is 0.866. The van der Waals surface area contributed by atoms with Gasteiger partial charge in [-0.15, -0.1) is 0 Å². The zero-order valence-corrected chi connectivity index (χ0v) is 9.84. The second-order valence-corrected chi connectivity index (χ2v) is 3.73. The summed E-state index contributed by atoms with van der Waals surface area (Å²) in [5, 5.41) is 3.26. The molecule has 0 spiro atoms. The minimum absolute atomic E-state index is 0.0400. The topological polar surface area (TPSA) is 34.1 Å². The Hall–Kier alpha value is -1.87. The van der Waals surface area contributed by atoms with Crippen LogP contribution in [0.5, 0.6) is 0 Å². The normalized spacial score (nSPS) is 12.1. The molecule has 0 aliphatic heterocycles. The summed E-state index contributed by atoms with van der Waals surface area (Å²) in [7, 11) is 1.72. The molecule has 1 N–H and O–H groups in total. The van der Waals surface area contributed by atoms with Crippen LogP contribution in [0, 0.1) is 0 Å². The van der Waals surface area contributed by atoms with Crippen LogP contribution in [-0.2, 0) is 4.74 Å². The van der Waals surface area contributed by atoms with Crippen LogP contribution in [0.15, 0.2) is 54.7 Å². The molecule has 0 saturated heterocycles. The lowest BCUT2D eigenvalue weighted by Gasteiger charge is -2.16. The largest absolute Gasteiger partial charge is 0.375 e. The highest BCUT2D eigenvalue weighted by Gasteiger charge is 2.09. The van der Waals surface area contributed by atoms with Gasteiger partial charge in [0.25, 0.3) is 0 Å². The smallest absolute Gasteiger partial charge is 0.125 e. The zero-order chi connectivity index (χ0) is 11.9. The molecule has 3 heteroatoms. The van der Waals surface area contributed by atoms with Gasteiger partial charge < -0.3 is 10.1 Å². The lowest BCUT2D eigenvalue weighted by molar-refractivity contribution is 0.114. The van der Waals surface area contributed by atoms with Gasteiger partial charge in [-0.05, 0) is 17.7 Å². The molecule has 1 aromatic heterocycles. The van der Waals surface area contributed by atoms with Gasteiger partial charge >= 0.3 is 0 Å². The van der Waals surface area contributed by atoms with Gasteiger partial charge in [-0.3, -0.25) is 0 Å². The van der Waals surface area contributed by atoms with Crippen LogP contribution < -0.4 is 5.32 Å². The molecular weight excluding hydrogens is 212 g/mol. The standard InChI is InChI=1S/C14H16N2O/c1-17-13(12-7-3-2-4-8-12)11-16-14-9-5-6-10-15-14/h2-10,13H,11H2,1H3,(H,15,16)/t13-/m0/s1. The number of methoxy groups -OCH3 is 1. The van der Waals surface area contributed by atoms with Crippen molar-refractivity contribution in [2.75, 3.05) is 19.0 Å². The first-order chi connectivity index (χ1) is 8.40. The quantitative estimate of drug-likeness (QED) is 0.854. The van der Waals surface area contributed by atoms with Crippen LogP contribution in [0.1, 0.15) is 11.7 Å². The monoisotopic (exact) mass is 228 g/mol. The molecule has 2 aromatic rings. The maximum Gasteiger partial charge on any atom is 0.125 e. The van der Waals surface area contributed by atoms with Crippen LogP contribution in [0.4, 0.5) is 5.82 Å². The lowest BCUT2D eigenvalue weighted by atomic mass is 10.1. The molecule has 0 amide bonds. The Kier molecular flexibility index (Phi) is 4.11. The van der Waals surface area contributed by atoms with Gasteiger partial charge in [0.1, 0.15) is 5.82 Å².